The van der Waals surface area contributed by atoms with Crippen LogP contribution in [-0.4, -0.2) is 40.8 Å². The molecule has 0 amide bonds. The minimum Gasteiger partial charge on any atom is -0.478 e. The summed E-state index contributed by atoms with van der Waals surface area (Å²) in [4.78, 5) is 18.7. The molecule has 0 atom stereocenters. The summed E-state index contributed by atoms with van der Waals surface area (Å²) in [5, 5.41) is 11.2. The summed E-state index contributed by atoms with van der Waals surface area (Å²) in [6.45, 7) is 1.98. The van der Waals surface area contributed by atoms with Crippen LogP contribution in [0.15, 0.2) is 28.7 Å². The van der Waals surface area contributed by atoms with E-state index in [1.54, 1.807) is 5.38 Å². The van der Waals surface area contributed by atoms with Gasteiger partial charge in [-0.2, -0.15) is 4.31 Å². The summed E-state index contributed by atoms with van der Waals surface area (Å²) >= 11 is 1.44. The fourth-order valence-electron chi connectivity index (χ4n) is 1.61. The molecule has 112 valence electrons. The molecule has 0 fully saturated rings. The molecule has 0 aromatic carbocycles. The number of sulfonamides is 1. The Morgan fingerprint density at radius 3 is 2.62 bits per heavy atom. The van der Waals surface area contributed by atoms with Crippen molar-refractivity contribution in [3.05, 3.63) is 40.0 Å². The number of hydrogen-bond donors (Lipinski definition) is 1. The van der Waals surface area contributed by atoms with Crippen molar-refractivity contribution in [3.8, 4) is 0 Å². The average molecular weight is 327 g/mol. The molecule has 0 saturated carbocycles. The van der Waals surface area contributed by atoms with E-state index in [0.29, 0.717) is 5.69 Å². The van der Waals surface area contributed by atoms with E-state index >= 15 is 0 Å². The lowest BCUT2D eigenvalue weighted by Crippen LogP contribution is -2.27. The first-order chi connectivity index (χ1) is 9.80. The van der Waals surface area contributed by atoms with Crippen molar-refractivity contribution in [1.82, 2.24) is 14.3 Å². The molecule has 0 saturated heterocycles. The van der Waals surface area contributed by atoms with E-state index in [4.69, 9.17) is 5.11 Å². The molecular weight excluding hydrogens is 314 g/mol. The van der Waals surface area contributed by atoms with Gasteiger partial charge >= 0.3 is 5.97 Å². The number of carboxylic acid groups (broad SMARTS) is 1. The van der Waals surface area contributed by atoms with E-state index in [9.17, 15) is 13.2 Å². The molecule has 0 spiro atoms. The maximum atomic E-state index is 12.3. The van der Waals surface area contributed by atoms with Crippen LogP contribution in [0.4, 0.5) is 0 Å². The molecular formula is C12H13N3O4S2. The van der Waals surface area contributed by atoms with E-state index in [2.05, 4.69) is 9.97 Å². The number of pyridine rings is 1. The van der Waals surface area contributed by atoms with Crippen LogP contribution in [0, 0.1) is 6.92 Å². The summed E-state index contributed by atoms with van der Waals surface area (Å²) < 4.78 is 25.8. The van der Waals surface area contributed by atoms with Crippen molar-refractivity contribution in [2.45, 2.75) is 18.5 Å². The number of carboxylic acids is 1. The second-order valence-corrected chi connectivity index (χ2v) is 7.36. The van der Waals surface area contributed by atoms with Gasteiger partial charge < -0.3 is 5.11 Å². The van der Waals surface area contributed by atoms with Gasteiger partial charge in [-0.15, -0.1) is 11.3 Å². The van der Waals surface area contributed by atoms with E-state index in [0.717, 1.165) is 15.5 Å². The molecule has 7 nitrogen and oxygen atoms in total. The number of carbonyl (C=O) groups is 1. The van der Waals surface area contributed by atoms with Gasteiger partial charge in [0, 0.05) is 18.6 Å². The average Bonchev–Trinajstić information content (AvgIpc) is 2.84. The van der Waals surface area contributed by atoms with Crippen LogP contribution < -0.4 is 0 Å². The van der Waals surface area contributed by atoms with Crippen molar-refractivity contribution in [2.24, 2.45) is 0 Å². The monoisotopic (exact) mass is 327 g/mol. The first kappa shape index (κ1) is 15.5. The SMILES string of the molecule is Cc1nc(CN(C)S(=O)(=O)c2ccc(C(=O)O)cn2)cs1. The highest BCUT2D eigenvalue weighted by atomic mass is 32.2. The molecule has 2 heterocycles. The Morgan fingerprint density at radius 2 is 2.14 bits per heavy atom. The molecule has 0 aliphatic rings. The minimum atomic E-state index is -3.78. The fraction of sp³-hybridized carbons (Fsp3) is 0.250. The van der Waals surface area contributed by atoms with Gasteiger partial charge in [0.05, 0.1) is 22.8 Å². The van der Waals surface area contributed by atoms with Crippen molar-refractivity contribution in [3.63, 3.8) is 0 Å². The third-order valence-electron chi connectivity index (χ3n) is 2.71. The number of aromatic nitrogens is 2. The molecule has 21 heavy (non-hydrogen) atoms. The molecule has 0 radical (unpaired) electrons. The molecule has 9 heteroatoms. The first-order valence-corrected chi connectivity index (χ1v) is 8.19. The third-order valence-corrected chi connectivity index (χ3v) is 5.25. The van der Waals surface area contributed by atoms with E-state index < -0.39 is 16.0 Å². The molecule has 0 unspecified atom stereocenters. The fourth-order valence-corrected chi connectivity index (χ4v) is 3.26. The van der Waals surface area contributed by atoms with Crippen LogP contribution in [0.3, 0.4) is 0 Å². The van der Waals surface area contributed by atoms with Crippen LogP contribution in [0.5, 0.6) is 0 Å². The highest BCUT2D eigenvalue weighted by Gasteiger charge is 2.23. The van der Waals surface area contributed by atoms with Crippen molar-refractivity contribution < 1.29 is 18.3 Å². The topological polar surface area (TPSA) is 100 Å². The molecule has 1 N–H and O–H groups in total. The van der Waals surface area contributed by atoms with Crippen molar-refractivity contribution in [2.75, 3.05) is 7.05 Å². The number of aryl methyl sites for hydroxylation is 1. The zero-order chi connectivity index (χ0) is 15.6. The Bertz CT molecular complexity index is 753. The lowest BCUT2D eigenvalue weighted by molar-refractivity contribution is 0.0696. The molecule has 2 rings (SSSR count). The maximum Gasteiger partial charge on any atom is 0.337 e. The van der Waals surface area contributed by atoms with Gasteiger partial charge in [0.15, 0.2) is 5.03 Å². The number of thiazole rings is 1. The minimum absolute atomic E-state index is 0.0632. The van der Waals surface area contributed by atoms with Gasteiger partial charge in [-0.05, 0) is 19.1 Å². The molecule has 0 bridgehead atoms. The van der Waals surface area contributed by atoms with Crippen molar-refractivity contribution in [1.29, 1.82) is 0 Å². The normalized spacial score (nSPS) is 11.8. The quantitative estimate of drug-likeness (QED) is 0.890. The summed E-state index contributed by atoms with van der Waals surface area (Å²) in [6.07, 6.45) is 1.02. The second kappa shape index (κ2) is 5.88. The van der Waals surface area contributed by atoms with Crippen LogP contribution in [0.25, 0.3) is 0 Å². The maximum absolute atomic E-state index is 12.3. The number of rotatable bonds is 5. The van der Waals surface area contributed by atoms with Crippen LogP contribution >= 0.6 is 11.3 Å². The predicted octanol–water partition coefficient (Wildman–Crippen LogP) is 1.37. The lowest BCUT2D eigenvalue weighted by Gasteiger charge is -2.15. The van der Waals surface area contributed by atoms with Gasteiger partial charge in [0.25, 0.3) is 10.0 Å². The van der Waals surface area contributed by atoms with Crippen LogP contribution in [0.1, 0.15) is 21.1 Å². The number of hydrogen-bond acceptors (Lipinski definition) is 6. The van der Waals surface area contributed by atoms with Crippen LogP contribution in [-0.2, 0) is 16.6 Å². The standard InChI is InChI=1S/C12H13N3O4S2/c1-8-14-10(7-20-8)6-15(2)21(18,19)11-4-3-9(5-13-11)12(16)17/h3-5,7H,6H2,1-2H3,(H,16,17). The third kappa shape index (κ3) is 3.43. The van der Waals surface area contributed by atoms with Gasteiger partial charge in [0.2, 0.25) is 0 Å². The first-order valence-electron chi connectivity index (χ1n) is 5.87. The summed E-state index contributed by atoms with van der Waals surface area (Å²) in [5.74, 6) is -1.15. The summed E-state index contributed by atoms with van der Waals surface area (Å²) in [5.41, 5.74) is 0.595. The van der Waals surface area contributed by atoms with Gasteiger partial charge in [-0.3, -0.25) is 0 Å². The molecule has 2 aromatic rings. The smallest absolute Gasteiger partial charge is 0.337 e. The van der Waals surface area contributed by atoms with Crippen LogP contribution in [0.2, 0.25) is 0 Å². The highest BCUT2D eigenvalue weighted by Crippen LogP contribution is 2.16. The summed E-state index contributed by atoms with van der Waals surface area (Å²) in [7, 11) is -2.35. The van der Waals surface area contributed by atoms with E-state index in [1.165, 1.54) is 30.5 Å². The zero-order valence-electron chi connectivity index (χ0n) is 11.3. The van der Waals surface area contributed by atoms with Crippen molar-refractivity contribution >= 4 is 27.3 Å². The predicted molar refractivity (Wildman–Crippen MR) is 76.7 cm³/mol. The van der Waals surface area contributed by atoms with E-state index in [-0.39, 0.29) is 17.1 Å². The highest BCUT2D eigenvalue weighted by molar-refractivity contribution is 7.89. The number of nitrogens with zero attached hydrogens (tertiary/aromatic N) is 3. The van der Waals surface area contributed by atoms with Gasteiger partial charge in [-0.1, -0.05) is 0 Å². The Morgan fingerprint density at radius 1 is 1.43 bits per heavy atom. The lowest BCUT2D eigenvalue weighted by atomic mass is 10.3. The van der Waals surface area contributed by atoms with E-state index in [1.807, 2.05) is 6.92 Å². The Kier molecular flexibility index (Phi) is 4.35. The molecule has 0 aliphatic carbocycles. The second-order valence-electron chi connectivity index (χ2n) is 4.31. The largest absolute Gasteiger partial charge is 0.478 e. The molecule has 0 aliphatic heterocycles. The van der Waals surface area contributed by atoms with Gasteiger partial charge in [-0.25, -0.2) is 23.2 Å². The molecule has 2 aromatic heterocycles. The number of aromatic carboxylic acids is 1. The summed E-state index contributed by atoms with van der Waals surface area (Å²) in [6, 6.07) is 2.39. The Labute approximate surface area is 126 Å². The Hall–Kier alpha value is -1.84. The Balaban J connectivity index is 2.22. The van der Waals surface area contributed by atoms with Gasteiger partial charge in [0.1, 0.15) is 0 Å². The zero-order valence-corrected chi connectivity index (χ0v) is 13.0.